The number of piperazine rings is 1. The molecule has 2 aliphatic rings. The first-order valence-corrected chi connectivity index (χ1v) is 13.9. The van der Waals surface area contributed by atoms with Gasteiger partial charge in [-0.05, 0) is 31.0 Å². The van der Waals surface area contributed by atoms with Crippen molar-refractivity contribution < 1.29 is 14.5 Å². The number of pyridine rings is 1. The summed E-state index contributed by atoms with van der Waals surface area (Å²) in [5, 5.41) is 23.7. The molecule has 40 heavy (non-hydrogen) atoms. The van der Waals surface area contributed by atoms with Crippen molar-refractivity contribution in [3.63, 3.8) is 0 Å². The van der Waals surface area contributed by atoms with E-state index in [-0.39, 0.29) is 29.1 Å². The molecule has 5 heterocycles. The number of urea groups is 1. The van der Waals surface area contributed by atoms with E-state index < -0.39 is 10.8 Å². The first kappa shape index (κ1) is 25.7. The number of nitro groups is 1. The summed E-state index contributed by atoms with van der Waals surface area (Å²) in [5.41, 5.74) is 0.763. The second kappa shape index (κ2) is 10.9. The normalized spacial score (nSPS) is 16.4. The van der Waals surface area contributed by atoms with Crippen LogP contribution in [0.15, 0.2) is 48.0 Å². The van der Waals surface area contributed by atoms with Crippen molar-refractivity contribution in [3.8, 4) is 0 Å². The summed E-state index contributed by atoms with van der Waals surface area (Å²) in [7, 11) is 0. The van der Waals surface area contributed by atoms with E-state index in [1.54, 1.807) is 17.6 Å². The number of carbonyl (C=O) groups is 2. The number of rotatable bonds is 5. The molecular weight excluding hydrogens is 534 g/mol. The topological polar surface area (TPSA) is 153 Å². The lowest BCUT2D eigenvalue weighted by molar-refractivity contribution is -0.384. The Morgan fingerprint density at radius 3 is 2.55 bits per heavy atom. The highest BCUT2D eigenvalue weighted by molar-refractivity contribution is 7.10. The van der Waals surface area contributed by atoms with Crippen LogP contribution in [0.2, 0.25) is 0 Å². The predicted octanol–water partition coefficient (Wildman–Crippen LogP) is 3.70. The van der Waals surface area contributed by atoms with Gasteiger partial charge in [-0.25, -0.2) is 14.8 Å². The number of likely N-dealkylation sites (tertiary alicyclic amines) is 1. The van der Waals surface area contributed by atoms with Crippen LogP contribution < -0.4 is 10.2 Å². The van der Waals surface area contributed by atoms with Crippen LogP contribution in [0.5, 0.6) is 0 Å². The van der Waals surface area contributed by atoms with Crippen molar-refractivity contribution in [2.75, 3.05) is 49.5 Å². The smallest absolute Gasteiger partial charge is 0.320 e. The number of hydrogen-bond donors (Lipinski definition) is 2. The zero-order valence-electron chi connectivity index (χ0n) is 21.5. The van der Waals surface area contributed by atoms with Crippen molar-refractivity contribution in [1.29, 1.82) is 0 Å². The number of non-ortho nitro benzene ring substituents is 1. The fraction of sp³-hybridized carbons (Fsp3) is 0.346. The monoisotopic (exact) mass is 561 g/mol. The maximum atomic E-state index is 13.1. The van der Waals surface area contributed by atoms with E-state index in [4.69, 9.17) is 0 Å². The van der Waals surface area contributed by atoms with Crippen LogP contribution in [0, 0.1) is 10.1 Å². The van der Waals surface area contributed by atoms with Gasteiger partial charge in [-0.15, -0.1) is 11.3 Å². The number of benzene rings is 1. The summed E-state index contributed by atoms with van der Waals surface area (Å²) >= 11 is 1.43. The molecule has 0 atom stereocenters. The lowest BCUT2D eigenvalue weighted by Gasteiger charge is -2.39. The van der Waals surface area contributed by atoms with E-state index in [2.05, 4.69) is 30.4 Å². The molecule has 14 heteroatoms. The zero-order chi connectivity index (χ0) is 27.6. The minimum absolute atomic E-state index is 0.0739. The molecule has 2 fully saturated rings. The van der Waals surface area contributed by atoms with Gasteiger partial charge in [-0.3, -0.25) is 20.0 Å². The Labute approximate surface area is 233 Å². The first-order chi connectivity index (χ1) is 19.5. The van der Waals surface area contributed by atoms with Crippen molar-refractivity contribution in [2.24, 2.45) is 0 Å². The number of H-pyrrole nitrogens is 1. The minimum Gasteiger partial charge on any atom is -0.353 e. The van der Waals surface area contributed by atoms with Gasteiger partial charge in [0.2, 0.25) is 0 Å². The van der Waals surface area contributed by atoms with Gasteiger partial charge in [-0.2, -0.15) is 5.10 Å². The van der Waals surface area contributed by atoms with Gasteiger partial charge in [0.15, 0.2) is 5.82 Å². The zero-order valence-corrected chi connectivity index (χ0v) is 22.3. The fourth-order valence-corrected chi connectivity index (χ4v) is 6.12. The number of nitrogens with zero attached hydrogens (tertiary/aromatic N) is 7. The molecule has 0 unspecified atom stereocenters. The van der Waals surface area contributed by atoms with Gasteiger partial charge >= 0.3 is 6.03 Å². The van der Waals surface area contributed by atoms with Crippen molar-refractivity contribution in [3.05, 3.63) is 68.8 Å². The standard InChI is InChI=1S/C26H27N9O4S/c36-24(29-23-19-15-18(35(38)39)4-5-20(19)30-31-23)21-16-40-25(28-21)17-6-9-33(10-7-17)26(37)34-13-11-32(12-14-34)22-3-1-2-8-27-22/h1-5,8,15-17H,6-7,9-14H2,(H2,29,30,31,36). The van der Waals surface area contributed by atoms with E-state index in [1.165, 1.54) is 23.5 Å². The Bertz CT molecular complexity index is 1540. The summed E-state index contributed by atoms with van der Waals surface area (Å²) in [5.74, 6) is 0.893. The maximum Gasteiger partial charge on any atom is 0.320 e. The van der Waals surface area contributed by atoms with Crippen LogP contribution >= 0.6 is 11.3 Å². The van der Waals surface area contributed by atoms with Gasteiger partial charge in [0.05, 0.1) is 20.8 Å². The highest BCUT2D eigenvalue weighted by Gasteiger charge is 2.30. The number of nitro benzene ring substituents is 1. The van der Waals surface area contributed by atoms with Gasteiger partial charge in [0, 0.05) is 68.9 Å². The number of nitrogens with one attached hydrogen (secondary N) is 2. The SMILES string of the molecule is O=C(Nc1n[nH]c2ccc([N+](=O)[O-])cc12)c1csc(C2CCN(C(=O)N3CCN(c4ccccn4)CC3)CC2)n1. The highest BCUT2D eigenvalue weighted by Crippen LogP contribution is 2.31. The van der Waals surface area contributed by atoms with E-state index in [1.807, 2.05) is 28.0 Å². The second-order valence-corrected chi connectivity index (χ2v) is 10.7. The molecule has 2 N–H and O–H groups in total. The van der Waals surface area contributed by atoms with Crippen LogP contribution in [-0.2, 0) is 0 Å². The number of thiazole rings is 1. The van der Waals surface area contributed by atoms with Crippen LogP contribution in [0.1, 0.15) is 34.3 Å². The number of anilines is 2. The third-order valence-corrected chi connectivity index (χ3v) is 8.39. The summed E-state index contributed by atoms with van der Waals surface area (Å²) < 4.78 is 0. The molecule has 206 valence electrons. The molecule has 4 aromatic rings. The third-order valence-electron chi connectivity index (χ3n) is 7.38. The van der Waals surface area contributed by atoms with Gasteiger partial charge < -0.3 is 20.0 Å². The molecule has 3 aromatic heterocycles. The van der Waals surface area contributed by atoms with Crippen LogP contribution in [0.25, 0.3) is 10.9 Å². The molecule has 1 aromatic carbocycles. The molecule has 0 bridgehead atoms. The summed E-state index contributed by atoms with van der Waals surface area (Å²) in [6, 6.07) is 10.2. The Morgan fingerprint density at radius 1 is 1.05 bits per heavy atom. The molecule has 13 nitrogen and oxygen atoms in total. The van der Waals surface area contributed by atoms with Crippen molar-refractivity contribution in [2.45, 2.75) is 18.8 Å². The molecule has 2 saturated heterocycles. The lowest BCUT2D eigenvalue weighted by atomic mass is 9.98. The fourth-order valence-electron chi connectivity index (χ4n) is 5.15. The Morgan fingerprint density at radius 2 is 1.82 bits per heavy atom. The summed E-state index contributed by atoms with van der Waals surface area (Å²) in [6.45, 7) is 4.13. The number of hydrogen-bond acceptors (Lipinski definition) is 9. The Hall–Kier alpha value is -4.59. The Balaban J connectivity index is 1.02. The van der Waals surface area contributed by atoms with Crippen molar-refractivity contribution >= 4 is 51.5 Å². The number of amides is 3. The first-order valence-electron chi connectivity index (χ1n) is 13.1. The van der Waals surface area contributed by atoms with E-state index in [9.17, 15) is 19.7 Å². The van der Waals surface area contributed by atoms with E-state index in [0.29, 0.717) is 37.1 Å². The average Bonchev–Trinajstić information content (AvgIpc) is 3.65. The van der Waals surface area contributed by atoms with E-state index >= 15 is 0 Å². The molecule has 3 amide bonds. The summed E-state index contributed by atoms with van der Waals surface area (Å²) in [6.07, 6.45) is 3.34. The van der Waals surface area contributed by atoms with Gasteiger partial charge in [-0.1, -0.05) is 6.07 Å². The quantitative estimate of drug-likeness (QED) is 0.276. The second-order valence-electron chi connectivity index (χ2n) is 9.79. The van der Waals surface area contributed by atoms with Gasteiger partial charge in [0.1, 0.15) is 11.5 Å². The number of piperidine rings is 1. The van der Waals surface area contributed by atoms with E-state index in [0.717, 1.165) is 36.8 Å². The number of aromatic nitrogens is 4. The highest BCUT2D eigenvalue weighted by atomic mass is 32.1. The van der Waals surface area contributed by atoms with Crippen LogP contribution in [0.3, 0.4) is 0 Å². The molecule has 0 spiro atoms. The molecule has 0 aliphatic carbocycles. The molecule has 6 rings (SSSR count). The van der Waals surface area contributed by atoms with Crippen LogP contribution in [-0.4, -0.2) is 86.1 Å². The minimum atomic E-state index is -0.493. The van der Waals surface area contributed by atoms with Crippen molar-refractivity contribution in [1.82, 2.24) is 30.0 Å². The number of fused-ring (bicyclic) bond motifs is 1. The number of aromatic amines is 1. The largest absolute Gasteiger partial charge is 0.353 e. The predicted molar refractivity (Wildman–Crippen MR) is 150 cm³/mol. The molecule has 0 saturated carbocycles. The van der Waals surface area contributed by atoms with Crippen LogP contribution in [0.4, 0.5) is 22.1 Å². The maximum absolute atomic E-state index is 13.1. The summed E-state index contributed by atoms with van der Waals surface area (Å²) in [4.78, 5) is 51.7. The van der Waals surface area contributed by atoms with Gasteiger partial charge in [0.25, 0.3) is 11.6 Å². The lowest BCUT2D eigenvalue weighted by Crippen LogP contribution is -2.54. The molecular formula is C26H27N9O4S. The number of carbonyl (C=O) groups excluding carboxylic acids is 2. The third kappa shape index (κ3) is 5.17. The average molecular weight is 562 g/mol. The molecule has 2 aliphatic heterocycles. The molecule has 0 radical (unpaired) electrons. The Kier molecular flexibility index (Phi) is 6.99.